The number of nitrogens with zero attached hydrogens (tertiary/aromatic N) is 3. The molecule has 0 spiro atoms. The van der Waals surface area contributed by atoms with Crippen LogP contribution in [0, 0.1) is 5.92 Å². The number of aliphatic hydroxyl groups excluding tert-OH is 4. The van der Waals surface area contributed by atoms with Crippen LogP contribution in [0.5, 0.6) is 0 Å². The molecule has 1 unspecified atom stereocenters. The first-order chi connectivity index (χ1) is 57.5. The number of fused-ring (bicyclic) bond motifs is 1. The van der Waals surface area contributed by atoms with Crippen LogP contribution < -0.4 is 64.2 Å². The summed E-state index contributed by atoms with van der Waals surface area (Å²) in [5, 5.41) is 80.7. The topological polar surface area (TPSA) is 542 Å². The fraction of sp³-hybridized carbons (Fsp3) is 0.452. The molecule has 15 atom stereocenters. The molecule has 121 heavy (non-hydrogen) atoms. The zero-order valence-corrected chi connectivity index (χ0v) is 69.3. The predicted molar refractivity (Wildman–Crippen MR) is 443 cm³/mol. The molecule has 2 heterocycles. The van der Waals surface area contributed by atoms with Crippen molar-refractivity contribution in [3.05, 3.63) is 156 Å². The fourth-order valence-electron chi connectivity index (χ4n) is 13.4. The quantitative estimate of drug-likeness (QED) is 0.0386. The number of benzene rings is 5. The highest BCUT2D eigenvalue weighted by molar-refractivity contribution is 8.00. The second-order valence-electron chi connectivity index (χ2n) is 30.2. The van der Waals surface area contributed by atoms with E-state index in [1.54, 1.807) is 78.9 Å². The molecule has 18 N–H and O–H groups in total. The van der Waals surface area contributed by atoms with Gasteiger partial charge in [-0.15, -0.1) is 11.8 Å². The summed E-state index contributed by atoms with van der Waals surface area (Å²) in [5.41, 5.74) is 10.2. The smallest absolute Gasteiger partial charge is 0.303 e. The molecule has 37 heteroatoms. The molecule has 2 saturated heterocycles. The van der Waals surface area contributed by atoms with Gasteiger partial charge in [0.15, 0.2) is 0 Å². The van der Waals surface area contributed by atoms with E-state index in [2.05, 4.69) is 58.5 Å². The first-order valence-electron chi connectivity index (χ1n) is 39.6. The van der Waals surface area contributed by atoms with Gasteiger partial charge in [-0.25, -0.2) is 0 Å². The van der Waals surface area contributed by atoms with Crippen molar-refractivity contribution in [1.82, 2.24) is 73.2 Å². The maximum atomic E-state index is 15.2. The molecule has 0 aliphatic carbocycles. The number of likely N-dealkylation sites (N-methyl/N-ethyl adjacent to an activating group) is 2. The summed E-state index contributed by atoms with van der Waals surface area (Å²) in [6.07, 6.45) is -5.31. The number of carbonyl (C=O) groups is 16. The van der Waals surface area contributed by atoms with E-state index in [-0.39, 0.29) is 45.1 Å². The molecule has 2 aliphatic heterocycles. The number of carboxylic acid groups (broad SMARTS) is 1. The van der Waals surface area contributed by atoms with E-state index in [0.717, 1.165) is 68.1 Å². The van der Waals surface area contributed by atoms with Gasteiger partial charge in [-0.05, 0) is 105 Å². The van der Waals surface area contributed by atoms with Crippen molar-refractivity contribution in [2.24, 2.45) is 11.7 Å². The van der Waals surface area contributed by atoms with E-state index < -0.39 is 235 Å². The van der Waals surface area contributed by atoms with Gasteiger partial charge in [0.2, 0.25) is 88.6 Å². The number of hydrogen-bond donors (Lipinski definition) is 17. The van der Waals surface area contributed by atoms with Gasteiger partial charge < -0.3 is 104 Å². The van der Waals surface area contributed by atoms with E-state index in [9.17, 15) is 92.7 Å². The summed E-state index contributed by atoms with van der Waals surface area (Å²) in [5.74, 6) is -18.6. The van der Waals surface area contributed by atoms with Crippen LogP contribution in [-0.2, 0) is 96.0 Å². The lowest BCUT2D eigenvalue weighted by Gasteiger charge is -2.33. The first kappa shape index (κ1) is 95.9. The molecule has 5 aromatic rings. The SMILES string of the molecule is CC(C)C1NC(=O)[C@H](CCc2ccccc2)NC(=O)CSC[C@@H](C(=O)NCC(N)=O)NC(=O)[C@@H]2CCCN2C(=O)[C@H](CO)NC(=O)[C@H](CCC(=O)O)NC(=O)[C@H](C)N(C)C(=O)[C@H](Cc2ccc(-c3ccccc3)cc2)NC(=O)[C@H](C)N(C)C(=O)[C@H](Cc2ccc(-c3ccccc3)cc2)NC(=O)[C@H]([C@@H](C)O)NC(=O)[C@H]([C@@H](C)O)NC(=O)[C@H](CO)NC1=O. The molecule has 0 aromatic heterocycles. The second-order valence-corrected chi connectivity index (χ2v) is 31.2. The van der Waals surface area contributed by atoms with Gasteiger partial charge >= 0.3 is 5.97 Å². The predicted octanol–water partition coefficient (Wildman–Crippen LogP) is -2.41. The minimum atomic E-state index is -2.01. The van der Waals surface area contributed by atoms with E-state index in [0.29, 0.717) is 11.1 Å². The Kier molecular flexibility index (Phi) is 36.8. The molecule has 7 rings (SSSR count). The normalized spacial score (nSPS) is 24.6. The number of primary amides is 1. The molecule has 36 nitrogen and oxygen atoms in total. The van der Waals surface area contributed by atoms with Gasteiger partial charge in [-0.2, -0.15) is 0 Å². The highest BCUT2D eigenvalue weighted by Gasteiger charge is 2.43. The molecular formula is C84H109N15O21S. The number of aliphatic carboxylic acids is 1. The summed E-state index contributed by atoms with van der Waals surface area (Å²) in [4.78, 5) is 230. The summed E-state index contributed by atoms with van der Waals surface area (Å²) in [6, 6.07) is 19.4. The van der Waals surface area contributed by atoms with Crippen LogP contribution >= 0.6 is 11.8 Å². The van der Waals surface area contributed by atoms with Crippen LogP contribution in [0.1, 0.15) is 90.3 Å². The molecule has 2 fully saturated rings. The maximum absolute atomic E-state index is 15.2. The Labute approximate surface area is 704 Å². The Bertz CT molecular complexity index is 4460. The fourth-order valence-corrected chi connectivity index (χ4v) is 14.3. The number of aryl methyl sites for hydroxylation is 1. The number of carbonyl (C=O) groups excluding carboxylic acids is 15. The highest BCUT2D eigenvalue weighted by atomic mass is 32.2. The average molecular weight is 1700 g/mol. The van der Waals surface area contributed by atoms with Crippen molar-refractivity contribution >= 4 is 106 Å². The van der Waals surface area contributed by atoms with Crippen molar-refractivity contribution in [3.63, 3.8) is 0 Å². The summed E-state index contributed by atoms with van der Waals surface area (Å²) < 4.78 is 0. The van der Waals surface area contributed by atoms with Crippen LogP contribution in [0.4, 0.5) is 0 Å². The third-order valence-corrected chi connectivity index (χ3v) is 21.8. The third kappa shape index (κ3) is 28.2. The monoisotopic (exact) mass is 1700 g/mol. The van der Waals surface area contributed by atoms with Crippen LogP contribution in [0.15, 0.2) is 140 Å². The zero-order chi connectivity index (χ0) is 88.9. The molecule has 15 amide bonds. The zero-order valence-electron chi connectivity index (χ0n) is 68.5. The molecular weight excluding hydrogens is 1590 g/mol. The second kappa shape index (κ2) is 46.4. The van der Waals surface area contributed by atoms with E-state index in [1.165, 1.54) is 41.8 Å². The van der Waals surface area contributed by atoms with Crippen molar-refractivity contribution < 1.29 is 102 Å². The van der Waals surface area contributed by atoms with Gasteiger partial charge in [0.05, 0.1) is 37.7 Å². The molecule has 2 aliphatic rings. The molecule has 0 bridgehead atoms. The van der Waals surface area contributed by atoms with Gasteiger partial charge in [0.1, 0.15) is 78.5 Å². The van der Waals surface area contributed by atoms with Gasteiger partial charge in [0, 0.05) is 45.7 Å². The Morgan fingerprint density at radius 2 is 0.884 bits per heavy atom. The summed E-state index contributed by atoms with van der Waals surface area (Å²) in [6.45, 7) is 4.71. The summed E-state index contributed by atoms with van der Waals surface area (Å²) >= 11 is 0.775. The number of carboxylic acids is 1. The number of nitrogens with two attached hydrogens (primary N) is 1. The van der Waals surface area contributed by atoms with Crippen molar-refractivity contribution in [2.75, 3.05) is 51.9 Å². The molecule has 0 saturated carbocycles. The Balaban J connectivity index is 1.26. The van der Waals surface area contributed by atoms with Gasteiger partial charge in [-0.3, -0.25) is 76.7 Å². The van der Waals surface area contributed by atoms with Crippen LogP contribution in [0.3, 0.4) is 0 Å². The van der Waals surface area contributed by atoms with Crippen molar-refractivity contribution in [1.29, 1.82) is 0 Å². The summed E-state index contributed by atoms with van der Waals surface area (Å²) in [7, 11) is 2.44. The number of amides is 15. The lowest BCUT2D eigenvalue weighted by atomic mass is 9.99. The van der Waals surface area contributed by atoms with Crippen LogP contribution in [-0.4, -0.2) is 277 Å². The maximum Gasteiger partial charge on any atom is 0.303 e. The number of nitrogens with one attached hydrogen (secondary N) is 11. The Hall–Kier alpha value is -12.2. The van der Waals surface area contributed by atoms with Crippen LogP contribution in [0.2, 0.25) is 0 Å². The lowest BCUT2D eigenvalue weighted by molar-refractivity contribution is -0.145. The van der Waals surface area contributed by atoms with Crippen LogP contribution in [0.25, 0.3) is 22.3 Å². The van der Waals surface area contributed by atoms with E-state index >= 15 is 9.59 Å². The lowest BCUT2D eigenvalue weighted by Crippen LogP contribution is -2.64. The highest BCUT2D eigenvalue weighted by Crippen LogP contribution is 2.25. The van der Waals surface area contributed by atoms with E-state index in [1.807, 2.05) is 60.7 Å². The molecule has 652 valence electrons. The molecule has 5 aromatic carbocycles. The average Bonchev–Trinajstić information content (AvgIpc) is 1.81. The van der Waals surface area contributed by atoms with Crippen molar-refractivity contribution in [2.45, 2.75) is 184 Å². The van der Waals surface area contributed by atoms with Crippen molar-refractivity contribution in [3.8, 4) is 22.3 Å². The molecule has 0 radical (unpaired) electrons. The minimum absolute atomic E-state index is 0.0370. The number of hydrogen-bond acceptors (Lipinski definition) is 21. The minimum Gasteiger partial charge on any atom is -0.481 e. The Morgan fingerprint density at radius 3 is 1.36 bits per heavy atom. The van der Waals surface area contributed by atoms with Gasteiger partial charge in [-0.1, -0.05) is 153 Å². The van der Waals surface area contributed by atoms with E-state index in [4.69, 9.17) is 5.73 Å². The number of aliphatic hydroxyl groups is 4. The first-order valence-corrected chi connectivity index (χ1v) is 40.8. The largest absolute Gasteiger partial charge is 0.481 e. The number of thioether (sulfide) groups is 1. The Morgan fingerprint density at radius 1 is 0.471 bits per heavy atom. The van der Waals surface area contributed by atoms with Gasteiger partial charge in [0.25, 0.3) is 0 Å². The third-order valence-electron chi connectivity index (χ3n) is 20.8. The number of rotatable bonds is 20. The standard InChI is InChI=1S/C84H109N15O21S/c1-46(2)69-79(115)91-62(42-100)77(113)95-71(50(6)103)81(117)96-70(49(5)102)80(116)90-61(40-53-28-33-57(34-29-53)55-23-16-11-17-24-55)83(119)98(8)48(4)73(109)89-60(39-52-26-31-56(32-27-52)54-21-14-10-15-22-54)82(118)97(7)47(3)72(108)88-59(36-37-68(106)107)75(111)92-63(43-101)84(120)99-38-18-25-65(99)78(114)93-64(74(110)86-41-66(85)104)44-121-45-67(105)87-58(76(112)94-69)35-30-51-19-12-9-13-20-51/h9-17,19-24,26-29,31-34,46-50,58-65,69-71,100-103H,18,25,30,35-45H2,1-8H3,(H2,85,104)(H,86,110)(H,87,105)(H,88,108)(H,89,109)(H,90,116)(H,91,115)(H,92,111)(H,93,114)(H,94,112)(H,95,113)(H,96,117)(H,106,107)/t47-,48-,49+,50+,58-,59-,60-,61-,62-,63-,64-,65-,69?,70-,71-/m0/s1.